The van der Waals surface area contributed by atoms with E-state index >= 15 is 0 Å². The molecule has 1 aliphatic rings. The van der Waals surface area contributed by atoms with Gasteiger partial charge in [0, 0.05) is 13.1 Å². The summed E-state index contributed by atoms with van der Waals surface area (Å²) in [6.07, 6.45) is 8.63. The van der Waals surface area contributed by atoms with Gasteiger partial charge in [-0.25, -0.2) is 0 Å². The monoisotopic (exact) mass is 281 g/mol. The molecule has 1 heteroatoms. The first-order valence-electron chi connectivity index (χ1n) is 8.48. The van der Waals surface area contributed by atoms with Crippen molar-refractivity contribution in [3.05, 3.63) is 48.0 Å². The van der Waals surface area contributed by atoms with E-state index < -0.39 is 0 Å². The predicted octanol–water partition coefficient (Wildman–Crippen LogP) is 5.24. The van der Waals surface area contributed by atoms with Crippen LogP contribution >= 0.6 is 0 Å². The Kier molecular flexibility index (Phi) is 4.92. The van der Waals surface area contributed by atoms with E-state index in [2.05, 4.69) is 54.4 Å². The van der Waals surface area contributed by atoms with Gasteiger partial charge in [-0.1, -0.05) is 68.1 Å². The normalized spacial score (nSPS) is 17.2. The van der Waals surface area contributed by atoms with Crippen molar-refractivity contribution in [1.29, 1.82) is 0 Å². The van der Waals surface area contributed by atoms with Gasteiger partial charge < -0.3 is 4.90 Å². The van der Waals surface area contributed by atoms with Crippen molar-refractivity contribution < 1.29 is 0 Å². The summed E-state index contributed by atoms with van der Waals surface area (Å²) in [7, 11) is 2.28. The smallest absolute Gasteiger partial charge is 0.0236 e. The molecule has 21 heavy (non-hydrogen) atoms. The van der Waals surface area contributed by atoms with Crippen LogP contribution in [0.4, 0.5) is 0 Å². The van der Waals surface area contributed by atoms with Crippen LogP contribution in [0.25, 0.3) is 10.8 Å². The van der Waals surface area contributed by atoms with E-state index in [1.54, 1.807) is 0 Å². The summed E-state index contributed by atoms with van der Waals surface area (Å²) in [4.78, 5) is 2.53. The molecule has 1 aliphatic carbocycles. The maximum absolute atomic E-state index is 2.53. The lowest BCUT2D eigenvalue weighted by molar-refractivity contribution is 0.254. The molecular formula is C20H27N. The summed E-state index contributed by atoms with van der Waals surface area (Å²) < 4.78 is 0. The summed E-state index contributed by atoms with van der Waals surface area (Å²) >= 11 is 0. The van der Waals surface area contributed by atoms with Crippen molar-refractivity contribution in [2.24, 2.45) is 5.92 Å². The van der Waals surface area contributed by atoms with E-state index in [0.717, 1.165) is 12.5 Å². The Morgan fingerprint density at radius 3 is 2.43 bits per heavy atom. The summed E-state index contributed by atoms with van der Waals surface area (Å²) in [5.74, 6) is 0.910. The zero-order valence-electron chi connectivity index (χ0n) is 13.2. The third-order valence-electron chi connectivity index (χ3n) is 4.86. The van der Waals surface area contributed by atoms with Crippen LogP contribution in [-0.2, 0) is 6.54 Å². The lowest BCUT2D eigenvalue weighted by Crippen LogP contribution is -2.25. The van der Waals surface area contributed by atoms with Crippen LogP contribution in [0.3, 0.4) is 0 Å². The van der Waals surface area contributed by atoms with Crippen LogP contribution in [0.1, 0.15) is 44.1 Å². The minimum atomic E-state index is 0.910. The van der Waals surface area contributed by atoms with Crippen molar-refractivity contribution in [3.8, 4) is 0 Å². The highest BCUT2D eigenvalue weighted by molar-refractivity contribution is 5.85. The van der Waals surface area contributed by atoms with Gasteiger partial charge >= 0.3 is 0 Å². The highest BCUT2D eigenvalue weighted by Gasteiger charge is 2.14. The summed E-state index contributed by atoms with van der Waals surface area (Å²) in [5.41, 5.74) is 1.46. The number of hydrogen-bond donors (Lipinski definition) is 0. The Morgan fingerprint density at radius 2 is 1.62 bits per heavy atom. The first kappa shape index (κ1) is 14.6. The Hall–Kier alpha value is -1.34. The van der Waals surface area contributed by atoms with Crippen molar-refractivity contribution >= 4 is 10.8 Å². The molecule has 112 valence electrons. The average molecular weight is 281 g/mol. The average Bonchev–Trinajstić information content (AvgIpc) is 2.76. The summed E-state index contributed by atoms with van der Waals surface area (Å²) in [6.45, 7) is 2.32. The largest absolute Gasteiger partial charge is 0.302 e. The molecule has 0 unspecified atom stereocenters. The molecular weight excluding hydrogens is 254 g/mol. The maximum atomic E-state index is 2.53. The Balaban J connectivity index is 1.67. The Labute approximate surface area is 129 Å². The van der Waals surface area contributed by atoms with Gasteiger partial charge in [0.1, 0.15) is 0 Å². The van der Waals surface area contributed by atoms with Crippen LogP contribution in [0.5, 0.6) is 0 Å². The van der Waals surface area contributed by atoms with Crippen molar-refractivity contribution in [3.63, 3.8) is 0 Å². The fraction of sp³-hybridized carbons (Fsp3) is 0.500. The topological polar surface area (TPSA) is 3.24 Å². The molecule has 3 rings (SSSR count). The molecule has 0 heterocycles. The van der Waals surface area contributed by atoms with Gasteiger partial charge in [-0.2, -0.15) is 0 Å². The lowest BCUT2D eigenvalue weighted by atomic mass is 9.99. The van der Waals surface area contributed by atoms with E-state index in [1.807, 2.05) is 0 Å². The third-order valence-corrected chi connectivity index (χ3v) is 4.86. The van der Waals surface area contributed by atoms with E-state index in [4.69, 9.17) is 0 Å². The van der Waals surface area contributed by atoms with E-state index in [0.29, 0.717) is 0 Å². The van der Waals surface area contributed by atoms with E-state index in [1.165, 1.54) is 61.4 Å². The highest BCUT2D eigenvalue weighted by atomic mass is 15.1. The minimum Gasteiger partial charge on any atom is -0.302 e. The maximum Gasteiger partial charge on any atom is 0.0236 e. The van der Waals surface area contributed by atoms with Crippen LogP contribution in [0, 0.1) is 5.92 Å². The molecule has 0 saturated heterocycles. The van der Waals surface area contributed by atoms with Gasteiger partial charge in [0.05, 0.1) is 0 Å². The molecule has 0 bridgehead atoms. The SMILES string of the molecule is CN(Cc1cccc2ccccc12)CC1CCCCCC1. The highest BCUT2D eigenvalue weighted by Crippen LogP contribution is 2.25. The zero-order valence-corrected chi connectivity index (χ0v) is 13.2. The quantitative estimate of drug-likeness (QED) is 0.692. The number of nitrogens with zero attached hydrogens (tertiary/aromatic N) is 1. The molecule has 1 nitrogen and oxygen atoms in total. The van der Waals surface area contributed by atoms with Crippen LogP contribution in [0.2, 0.25) is 0 Å². The van der Waals surface area contributed by atoms with Gasteiger partial charge in [0.2, 0.25) is 0 Å². The fourth-order valence-corrected chi connectivity index (χ4v) is 3.77. The Bertz CT molecular complexity index is 562. The molecule has 0 N–H and O–H groups in total. The first-order chi connectivity index (χ1) is 10.3. The van der Waals surface area contributed by atoms with Gasteiger partial charge in [-0.15, -0.1) is 0 Å². The fourth-order valence-electron chi connectivity index (χ4n) is 3.77. The number of hydrogen-bond acceptors (Lipinski definition) is 1. The van der Waals surface area contributed by atoms with Crippen molar-refractivity contribution in [2.45, 2.75) is 45.1 Å². The molecule has 0 aliphatic heterocycles. The molecule has 0 aromatic heterocycles. The van der Waals surface area contributed by atoms with E-state index in [9.17, 15) is 0 Å². The standard InChI is InChI=1S/C20H27N/c1-21(15-17-9-4-2-3-5-10-17)16-19-13-8-12-18-11-6-7-14-20(18)19/h6-8,11-14,17H,2-5,9-10,15-16H2,1H3. The third kappa shape index (κ3) is 3.85. The van der Waals surface area contributed by atoms with Gasteiger partial charge in [0.15, 0.2) is 0 Å². The second kappa shape index (κ2) is 7.09. The van der Waals surface area contributed by atoms with Gasteiger partial charge in [0.25, 0.3) is 0 Å². The van der Waals surface area contributed by atoms with Crippen LogP contribution < -0.4 is 0 Å². The Morgan fingerprint density at radius 1 is 0.905 bits per heavy atom. The van der Waals surface area contributed by atoms with Crippen molar-refractivity contribution in [2.75, 3.05) is 13.6 Å². The zero-order chi connectivity index (χ0) is 14.5. The second-order valence-corrected chi connectivity index (χ2v) is 6.69. The first-order valence-corrected chi connectivity index (χ1v) is 8.48. The molecule has 0 amide bonds. The summed E-state index contributed by atoms with van der Waals surface area (Å²) in [6, 6.07) is 15.4. The minimum absolute atomic E-state index is 0.910. The molecule has 1 fully saturated rings. The second-order valence-electron chi connectivity index (χ2n) is 6.69. The number of fused-ring (bicyclic) bond motifs is 1. The van der Waals surface area contributed by atoms with E-state index in [-0.39, 0.29) is 0 Å². The summed E-state index contributed by atoms with van der Waals surface area (Å²) in [5, 5.41) is 2.77. The molecule has 0 spiro atoms. The van der Waals surface area contributed by atoms with Crippen LogP contribution in [-0.4, -0.2) is 18.5 Å². The van der Waals surface area contributed by atoms with Gasteiger partial charge in [-0.05, 0) is 42.1 Å². The van der Waals surface area contributed by atoms with Gasteiger partial charge in [-0.3, -0.25) is 0 Å². The van der Waals surface area contributed by atoms with Crippen LogP contribution in [0.15, 0.2) is 42.5 Å². The molecule has 2 aromatic rings. The lowest BCUT2D eigenvalue weighted by Gasteiger charge is -2.23. The number of rotatable bonds is 4. The number of benzene rings is 2. The molecule has 2 aromatic carbocycles. The van der Waals surface area contributed by atoms with Crippen molar-refractivity contribution in [1.82, 2.24) is 4.90 Å². The molecule has 0 radical (unpaired) electrons. The molecule has 1 saturated carbocycles. The predicted molar refractivity (Wildman–Crippen MR) is 91.5 cm³/mol. The molecule has 0 atom stereocenters.